The third-order valence-corrected chi connectivity index (χ3v) is 1.37. The number of hydrogen-bond donors (Lipinski definition) is 0. The summed E-state index contributed by atoms with van der Waals surface area (Å²) in [5.41, 5.74) is 1.42. The van der Waals surface area contributed by atoms with Crippen LogP contribution in [0.1, 0.15) is 26.7 Å². The van der Waals surface area contributed by atoms with Crippen molar-refractivity contribution in [3.8, 4) is 0 Å². The van der Waals surface area contributed by atoms with E-state index in [1.807, 2.05) is 6.08 Å². The summed E-state index contributed by atoms with van der Waals surface area (Å²) >= 11 is 5.07. The average Bonchev–Trinajstić information content (AvgIpc) is 2.06. The summed E-state index contributed by atoms with van der Waals surface area (Å²) < 4.78 is 0. The second-order valence-electron chi connectivity index (χ2n) is 2.44. The third kappa shape index (κ3) is 16.3. The summed E-state index contributed by atoms with van der Waals surface area (Å²) in [6, 6.07) is 0. The highest BCUT2D eigenvalue weighted by Gasteiger charge is 1.80. The van der Waals surface area contributed by atoms with Crippen LogP contribution in [0.15, 0.2) is 37.0 Å². The van der Waals surface area contributed by atoms with Gasteiger partial charge in [0.2, 0.25) is 0 Å². The lowest BCUT2D eigenvalue weighted by molar-refractivity contribution is 0.906. The van der Waals surface area contributed by atoms with Gasteiger partial charge in [-0.15, -0.1) is 18.2 Å². The van der Waals surface area contributed by atoms with Gasteiger partial charge in [-0.25, -0.2) is 0 Å². The lowest BCUT2D eigenvalue weighted by atomic mass is 10.2. The summed E-state index contributed by atoms with van der Waals surface area (Å²) in [5, 5.41) is 0. The molecule has 0 amide bonds. The van der Waals surface area contributed by atoms with Crippen LogP contribution >= 0.6 is 11.6 Å². The van der Waals surface area contributed by atoms with E-state index in [1.165, 1.54) is 18.4 Å². The zero-order valence-electron chi connectivity index (χ0n) is 8.15. The fourth-order valence-electron chi connectivity index (χ4n) is 0.679. The van der Waals surface area contributed by atoms with Crippen molar-refractivity contribution < 1.29 is 0 Å². The van der Waals surface area contributed by atoms with Gasteiger partial charge in [-0.05, 0) is 13.3 Å². The molecule has 0 atom stereocenters. The topological polar surface area (TPSA) is 0 Å². The Kier molecular flexibility index (Phi) is 15.4. The molecule has 0 heterocycles. The van der Waals surface area contributed by atoms with Crippen molar-refractivity contribution >= 4 is 11.6 Å². The first-order chi connectivity index (χ1) is 5.72. The average molecular weight is 187 g/mol. The highest BCUT2D eigenvalue weighted by Crippen LogP contribution is 2.01. The lowest BCUT2D eigenvalue weighted by Gasteiger charge is -1.91. The zero-order chi connectivity index (χ0) is 9.82. The summed E-state index contributed by atoms with van der Waals surface area (Å²) in [6.07, 6.45) is 7.97. The molecule has 0 unspecified atom stereocenters. The zero-order valence-corrected chi connectivity index (χ0v) is 8.90. The summed E-state index contributed by atoms with van der Waals surface area (Å²) in [5.74, 6) is 0.556. The number of halogens is 1. The fourth-order valence-corrected chi connectivity index (χ4v) is 0.679. The molecule has 0 rings (SSSR count). The molecule has 0 radical (unpaired) electrons. The maximum absolute atomic E-state index is 5.07. The van der Waals surface area contributed by atoms with Gasteiger partial charge in [0.25, 0.3) is 0 Å². The minimum Gasteiger partial charge on any atom is -0.122 e. The van der Waals surface area contributed by atoms with Gasteiger partial charge >= 0.3 is 0 Å². The fraction of sp³-hybridized carbons (Fsp3) is 0.455. The summed E-state index contributed by atoms with van der Waals surface area (Å²) in [4.78, 5) is 0. The van der Waals surface area contributed by atoms with Crippen molar-refractivity contribution in [3.63, 3.8) is 0 Å². The van der Waals surface area contributed by atoms with Crippen LogP contribution in [-0.2, 0) is 0 Å². The molecule has 0 N–H and O–H groups in total. The Bertz CT molecular complexity index is 134. The SMILES string of the molecule is C=C/C=C(\C)CCC.C=CCCl. The molecule has 0 aliphatic rings. The summed E-state index contributed by atoms with van der Waals surface area (Å²) in [7, 11) is 0. The van der Waals surface area contributed by atoms with Gasteiger partial charge in [-0.2, -0.15) is 0 Å². The Morgan fingerprint density at radius 3 is 2.17 bits per heavy atom. The maximum atomic E-state index is 5.07. The first-order valence-corrected chi connectivity index (χ1v) is 4.71. The third-order valence-electron chi connectivity index (χ3n) is 1.16. The molecule has 0 bridgehead atoms. The number of rotatable bonds is 4. The van der Waals surface area contributed by atoms with Gasteiger partial charge in [0, 0.05) is 5.88 Å². The van der Waals surface area contributed by atoms with Gasteiger partial charge in [-0.1, -0.05) is 43.7 Å². The molecule has 0 aromatic carbocycles. The largest absolute Gasteiger partial charge is 0.122 e. The van der Waals surface area contributed by atoms with Crippen LogP contribution in [-0.4, -0.2) is 5.88 Å². The van der Waals surface area contributed by atoms with Crippen molar-refractivity contribution in [2.24, 2.45) is 0 Å². The van der Waals surface area contributed by atoms with Gasteiger partial charge in [0.05, 0.1) is 0 Å². The minimum absolute atomic E-state index is 0.556. The molecule has 0 fully saturated rings. The van der Waals surface area contributed by atoms with Gasteiger partial charge < -0.3 is 0 Å². The second-order valence-corrected chi connectivity index (χ2v) is 2.75. The van der Waals surface area contributed by atoms with Crippen LogP contribution in [0.5, 0.6) is 0 Å². The van der Waals surface area contributed by atoms with E-state index in [4.69, 9.17) is 11.6 Å². The standard InChI is InChI=1S/C8H14.C3H5Cl/c1-4-6-8(3)7-5-2;1-2-3-4/h4,6H,1,5,7H2,2-3H3;2H,1,3H2/b8-6+;. The van der Waals surface area contributed by atoms with Crippen molar-refractivity contribution in [1.29, 1.82) is 0 Å². The van der Waals surface area contributed by atoms with E-state index < -0.39 is 0 Å². The monoisotopic (exact) mass is 186 g/mol. The molecule has 1 heteroatoms. The van der Waals surface area contributed by atoms with E-state index in [-0.39, 0.29) is 0 Å². The van der Waals surface area contributed by atoms with Crippen molar-refractivity contribution in [3.05, 3.63) is 37.0 Å². The molecular weight excluding hydrogens is 168 g/mol. The minimum atomic E-state index is 0.556. The number of hydrogen-bond acceptors (Lipinski definition) is 0. The molecule has 0 aromatic heterocycles. The maximum Gasteiger partial charge on any atom is 0.0401 e. The Morgan fingerprint density at radius 1 is 1.42 bits per heavy atom. The van der Waals surface area contributed by atoms with Crippen LogP contribution in [0.3, 0.4) is 0 Å². The molecule has 0 nitrogen and oxygen atoms in total. The van der Waals surface area contributed by atoms with Gasteiger partial charge in [0.15, 0.2) is 0 Å². The van der Waals surface area contributed by atoms with E-state index in [9.17, 15) is 0 Å². The quantitative estimate of drug-likeness (QED) is 0.348. The predicted octanol–water partition coefficient (Wildman–Crippen LogP) is 4.33. The van der Waals surface area contributed by atoms with Crippen LogP contribution < -0.4 is 0 Å². The first-order valence-electron chi connectivity index (χ1n) is 4.17. The van der Waals surface area contributed by atoms with Gasteiger partial charge in [-0.3, -0.25) is 0 Å². The molecule has 12 heavy (non-hydrogen) atoms. The molecule has 0 saturated heterocycles. The van der Waals surface area contributed by atoms with E-state index in [0.29, 0.717) is 5.88 Å². The van der Waals surface area contributed by atoms with E-state index in [0.717, 1.165) is 0 Å². The first kappa shape index (κ1) is 14.1. The molecular formula is C11H19Cl. The van der Waals surface area contributed by atoms with E-state index in [2.05, 4.69) is 33.1 Å². The Balaban J connectivity index is 0. The predicted molar refractivity (Wildman–Crippen MR) is 59.8 cm³/mol. The van der Waals surface area contributed by atoms with Crippen molar-refractivity contribution in [2.45, 2.75) is 26.7 Å². The number of alkyl halides is 1. The normalized spacial score (nSPS) is 9.75. The van der Waals surface area contributed by atoms with E-state index >= 15 is 0 Å². The molecule has 0 aliphatic carbocycles. The van der Waals surface area contributed by atoms with Crippen LogP contribution in [0, 0.1) is 0 Å². The molecule has 70 valence electrons. The molecule has 0 spiro atoms. The van der Waals surface area contributed by atoms with Crippen LogP contribution in [0.2, 0.25) is 0 Å². The Morgan fingerprint density at radius 2 is 1.92 bits per heavy atom. The van der Waals surface area contributed by atoms with Crippen LogP contribution in [0.25, 0.3) is 0 Å². The molecule has 0 aromatic rings. The lowest BCUT2D eigenvalue weighted by Crippen LogP contribution is -1.71. The molecule has 0 aliphatic heterocycles. The van der Waals surface area contributed by atoms with Crippen molar-refractivity contribution in [2.75, 3.05) is 5.88 Å². The van der Waals surface area contributed by atoms with Crippen molar-refractivity contribution in [1.82, 2.24) is 0 Å². The van der Waals surface area contributed by atoms with Crippen LogP contribution in [0.4, 0.5) is 0 Å². The Hall–Kier alpha value is -0.490. The smallest absolute Gasteiger partial charge is 0.0401 e. The highest BCUT2D eigenvalue weighted by atomic mass is 35.5. The highest BCUT2D eigenvalue weighted by molar-refractivity contribution is 6.18. The summed E-state index contributed by atoms with van der Waals surface area (Å²) in [6.45, 7) is 11.3. The van der Waals surface area contributed by atoms with Gasteiger partial charge in [0.1, 0.15) is 0 Å². The van der Waals surface area contributed by atoms with E-state index in [1.54, 1.807) is 6.08 Å². The second kappa shape index (κ2) is 13.1. The number of allylic oxidation sites excluding steroid dienone is 4. The molecule has 0 saturated carbocycles. The Labute approximate surface area is 81.6 Å².